The number of para-hydroxylation sites is 1. The number of rotatable bonds is 4. The van der Waals surface area contributed by atoms with Crippen LogP contribution in [0.2, 0.25) is 0 Å². The SMILES string of the molecule is Cc1cc(/C=N\NC(=O)CO)c(C)n1-c1ccccc1. The summed E-state index contributed by atoms with van der Waals surface area (Å²) in [4.78, 5) is 10.9. The van der Waals surface area contributed by atoms with Crippen LogP contribution in [0.5, 0.6) is 0 Å². The summed E-state index contributed by atoms with van der Waals surface area (Å²) in [5.41, 5.74) is 6.38. The lowest BCUT2D eigenvalue weighted by molar-refractivity contribution is -0.123. The zero-order valence-corrected chi connectivity index (χ0v) is 11.5. The number of nitrogens with one attached hydrogen (secondary N) is 1. The highest BCUT2D eigenvalue weighted by Gasteiger charge is 2.08. The highest BCUT2D eigenvalue weighted by atomic mass is 16.3. The molecule has 2 N–H and O–H groups in total. The molecule has 1 heterocycles. The highest BCUT2D eigenvalue weighted by molar-refractivity contribution is 5.84. The average Bonchev–Trinajstić information content (AvgIpc) is 2.74. The summed E-state index contributed by atoms with van der Waals surface area (Å²) in [6, 6.07) is 12.0. The molecule has 2 rings (SSSR count). The van der Waals surface area contributed by atoms with Crippen LogP contribution in [-0.2, 0) is 4.79 Å². The van der Waals surface area contributed by atoms with Crippen molar-refractivity contribution in [3.63, 3.8) is 0 Å². The number of aryl methyl sites for hydroxylation is 1. The Morgan fingerprint density at radius 2 is 2.05 bits per heavy atom. The first-order chi connectivity index (χ1) is 9.63. The molecule has 0 saturated heterocycles. The van der Waals surface area contributed by atoms with Crippen molar-refractivity contribution in [2.75, 3.05) is 6.61 Å². The molecule has 5 heteroatoms. The zero-order valence-electron chi connectivity index (χ0n) is 11.5. The average molecular weight is 271 g/mol. The van der Waals surface area contributed by atoms with E-state index in [1.165, 1.54) is 0 Å². The summed E-state index contributed by atoms with van der Waals surface area (Å²) < 4.78 is 2.12. The fraction of sp³-hybridized carbons (Fsp3) is 0.200. The Labute approximate surface area is 117 Å². The molecule has 0 spiro atoms. The van der Waals surface area contributed by atoms with Crippen molar-refractivity contribution in [3.05, 3.63) is 53.3 Å². The molecule has 2 aromatic rings. The number of benzene rings is 1. The van der Waals surface area contributed by atoms with E-state index in [1.807, 2.05) is 50.2 Å². The minimum absolute atomic E-state index is 0.530. The van der Waals surface area contributed by atoms with Crippen LogP contribution in [0, 0.1) is 13.8 Å². The maximum atomic E-state index is 10.9. The molecular formula is C15H17N3O2. The number of aromatic nitrogens is 1. The van der Waals surface area contributed by atoms with Gasteiger partial charge in [-0.15, -0.1) is 0 Å². The normalized spacial score (nSPS) is 10.9. The fourth-order valence-corrected chi connectivity index (χ4v) is 2.10. The third kappa shape index (κ3) is 2.95. The molecule has 0 aliphatic rings. The number of hydrogen-bond acceptors (Lipinski definition) is 3. The van der Waals surface area contributed by atoms with Crippen molar-refractivity contribution in [1.29, 1.82) is 0 Å². The standard InChI is InChI=1S/C15H17N3O2/c1-11-8-13(9-16-17-15(20)10-19)12(2)18(11)14-6-4-3-5-7-14/h3-9,19H,10H2,1-2H3,(H,17,20)/b16-9-. The van der Waals surface area contributed by atoms with E-state index in [-0.39, 0.29) is 0 Å². The van der Waals surface area contributed by atoms with Crippen LogP contribution in [0.15, 0.2) is 41.5 Å². The van der Waals surface area contributed by atoms with Crippen molar-refractivity contribution in [2.24, 2.45) is 5.10 Å². The number of aliphatic hydroxyl groups is 1. The Kier molecular flexibility index (Phi) is 4.32. The number of amides is 1. The molecule has 20 heavy (non-hydrogen) atoms. The van der Waals surface area contributed by atoms with E-state index in [0.717, 1.165) is 22.6 Å². The van der Waals surface area contributed by atoms with Crippen molar-refractivity contribution >= 4 is 12.1 Å². The number of carbonyl (C=O) groups excluding carboxylic acids is 1. The van der Waals surface area contributed by atoms with Crippen molar-refractivity contribution in [3.8, 4) is 5.69 Å². The van der Waals surface area contributed by atoms with Gasteiger partial charge in [0.25, 0.3) is 5.91 Å². The predicted molar refractivity (Wildman–Crippen MR) is 78.1 cm³/mol. The first kappa shape index (κ1) is 14.0. The van der Waals surface area contributed by atoms with Crippen molar-refractivity contribution < 1.29 is 9.90 Å². The maximum Gasteiger partial charge on any atom is 0.265 e. The first-order valence-corrected chi connectivity index (χ1v) is 6.30. The summed E-state index contributed by atoms with van der Waals surface area (Å²) in [7, 11) is 0. The quantitative estimate of drug-likeness (QED) is 0.654. The minimum atomic E-state index is -0.569. The van der Waals surface area contributed by atoms with Gasteiger partial charge in [0.1, 0.15) is 6.61 Å². The lowest BCUT2D eigenvalue weighted by Crippen LogP contribution is -2.20. The molecule has 0 radical (unpaired) electrons. The summed E-state index contributed by atoms with van der Waals surface area (Å²) in [5, 5.41) is 12.4. The molecule has 0 saturated carbocycles. The van der Waals surface area contributed by atoms with Crippen molar-refractivity contribution in [1.82, 2.24) is 9.99 Å². The molecule has 5 nitrogen and oxygen atoms in total. The van der Waals surface area contributed by atoms with E-state index < -0.39 is 12.5 Å². The Bertz CT molecular complexity index is 630. The largest absolute Gasteiger partial charge is 0.386 e. The van der Waals surface area contributed by atoms with E-state index >= 15 is 0 Å². The zero-order chi connectivity index (χ0) is 14.5. The number of carbonyl (C=O) groups is 1. The Balaban J connectivity index is 2.28. The van der Waals surface area contributed by atoms with Crippen LogP contribution < -0.4 is 5.43 Å². The van der Waals surface area contributed by atoms with Gasteiger partial charge in [0.2, 0.25) is 0 Å². The lowest BCUT2D eigenvalue weighted by atomic mass is 10.2. The molecule has 0 fully saturated rings. The van der Waals surface area contributed by atoms with Crippen molar-refractivity contribution in [2.45, 2.75) is 13.8 Å². The molecule has 1 aromatic heterocycles. The summed E-state index contributed by atoms with van der Waals surface area (Å²) in [5.74, 6) is -0.530. The van der Waals surface area contributed by atoms with Gasteiger partial charge in [-0.3, -0.25) is 4.79 Å². The van der Waals surface area contributed by atoms with Gasteiger partial charge >= 0.3 is 0 Å². The van der Waals surface area contributed by atoms with Crippen LogP contribution >= 0.6 is 0 Å². The summed E-state index contributed by atoms with van der Waals surface area (Å²) >= 11 is 0. The third-order valence-electron chi connectivity index (χ3n) is 3.02. The first-order valence-electron chi connectivity index (χ1n) is 6.30. The smallest absolute Gasteiger partial charge is 0.265 e. The number of hydrazone groups is 1. The van der Waals surface area contributed by atoms with Gasteiger partial charge in [0, 0.05) is 22.6 Å². The number of hydrogen-bond donors (Lipinski definition) is 2. The number of nitrogens with zero attached hydrogens (tertiary/aromatic N) is 2. The van der Waals surface area contributed by atoms with E-state index in [1.54, 1.807) is 6.21 Å². The lowest BCUT2D eigenvalue weighted by Gasteiger charge is -2.08. The topological polar surface area (TPSA) is 66.6 Å². The molecule has 0 atom stereocenters. The van der Waals surface area contributed by atoms with E-state index in [9.17, 15) is 4.79 Å². The Hall–Kier alpha value is -2.40. The second kappa shape index (κ2) is 6.16. The van der Waals surface area contributed by atoms with Gasteiger partial charge in [-0.1, -0.05) is 18.2 Å². The van der Waals surface area contributed by atoms with Gasteiger partial charge in [0.15, 0.2) is 0 Å². The van der Waals surface area contributed by atoms with E-state index in [2.05, 4.69) is 15.1 Å². The van der Waals surface area contributed by atoms with Crippen LogP contribution in [0.3, 0.4) is 0 Å². The van der Waals surface area contributed by atoms with Crippen LogP contribution in [0.25, 0.3) is 5.69 Å². The van der Waals surface area contributed by atoms with Crippen LogP contribution in [-0.4, -0.2) is 28.4 Å². The fourth-order valence-electron chi connectivity index (χ4n) is 2.10. The van der Waals surface area contributed by atoms with Gasteiger partial charge in [-0.05, 0) is 32.0 Å². The van der Waals surface area contributed by atoms with Gasteiger partial charge in [-0.2, -0.15) is 5.10 Å². The molecule has 0 bridgehead atoms. The molecule has 0 aliphatic carbocycles. The van der Waals surface area contributed by atoms with Gasteiger partial charge in [0.05, 0.1) is 6.21 Å². The molecule has 104 valence electrons. The molecule has 0 aliphatic heterocycles. The van der Waals surface area contributed by atoms with Gasteiger partial charge < -0.3 is 9.67 Å². The monoisotopic (exact) mass is 271 g/mol. The molecular weight excluding hydrogens is 254 g/mol. The third-order valence-corrected chi connectivity index (χ3v) is 3.02. The Morgan fingerprint density at radius 3 is 2.70 bits per heavy atom. The predicted octanol–water partition coefficient (Wildman–Crippen LogP) is 1.54. The van der Waals surface area contributed by atoms with Gasteiger partial charge in [-0.25, -0.2) is 5.43 Å². The molecule has 0 unspecified atom stereocenters. The second-order valence-corrected chi connectivity index (χ2v) is 4.45. The minimum Gasteiger partial charge on any atom is -0.386 e. The highest BCUT2D eigenvalue weighted by Crippen LogP contribution is 2.19. The van der Waals surface area contributed by atoms with E-state index in [4.69, 9.17) is 5.11 Å². The van der Waals surface area contributed by atoms with E-state index in [0.29, 0.717) is 0 Å². The maximum absolute atomic E-state index is 10.9. The second-order valence-electron chi connectivity index (χ2n) is 4.45. The summed E-state index contributed by atoms with van der Waals surface area (Å²) in [6.45, 7) is 3.44. The summed E-state index contributed by atoms with van der Waals surface area (Å²) in [6.07, 6.45) is 1.58. The molecule has 1 aromatic carbocycles. The Morgan fingerprint density at radius 1 is 1.35 bits per heavy atom. The number of aliphatic hydroxyl groups excluding tert-OH is 1. The van der Waals surface area contributed by atoms with Crippen LogP contribution in [0.1, 0.15) is 17.0 Å². The molecule has 1 amide bonds. The van der Waals surface area contributed by atoms with Crippen LogP contribution in [0.4, 0.5) is 0 Å².